The van der Waals surface area contributed by atoms with Crippen LogP contribution in [-0.2, 0) is 16.6 Å². The van der Waals surface area contributed by atoms with Gasteiger partial charge < -0.3 is 15.4 Å². The van der Waals surface area contributed by atoms with Gasteiger partial charge in [-0.1, -0.05) is 24.3 Å². The molecule has 1 aliphatic rings. The molecule has 2 aromatic rings. The summed E-state index contributed by atoms with van der Waals surface area (Å²) in [5.74, 6) is 0.971. The molecule has 1 atom stereocenters. The lowest BCUT2D eigenvalue weighted by atomic mass is 10.1. The summed E-state index contributed by atoms with van der Waals surface area (Å²) in [4.78, 5) is 4.21. The molecule has 3 rings (SSSR count). The summed E-state index contributed by atoms with van der Waals surface area (Å²) in [6.07, 6.45) is 3.42. The van der Waals surface area contributed by atoms with Crippen molar-refractivity contribution >= 4 is 45.6 Å². The van der Waals surface area contributed by atoms with Gasteiger partial charge in [-0.05, 0) is 55.0 Å². The van der Waals surface area contributed by atoms with E-state index < -0.39 is 10.0 Å². The maximum atomic E-state index is 14.4. The van der Waals surface area contributed by atoms with Crippen molar-refractivity contribution < 1.29 is 17.5 Å². The fraction of sp³-hybridized carbons (Fsp3) is 0.409. The minimum Gasteiger partial charge on any atom is -0.490 e. The zero-order valence-electron chi connectivity index (χ0n) is 18.4. The predicted octanol–water partition coefficient (Wildman–Crippen LogP) is 4.03. The fourth-order valence-corrected chi connectivity index (χ4v) is 3.63. The SMILES string of the molecule is CN=C(NCc1ccccc1NS(C)(=O)=O)NC(C)c1ccc(OCC2CC2)c(F)c1.I. The van der Waals surface area contributed by atoms with Crippen LogP contribution in [0.2, 0.25) is 0 Å². The van der Waals surface area contributed by atoms with Crippen LogP contribution in [0.5, 0.6) is 5.75 Å². The highest BCUT2D eigenvalue weighted by atomic mass is 127. The molecule has 0 saturated heterocycles. The number of nitrogens with one attached hydrogen (secondary N) is 3. The molecule has 1 aliphatic carbocycles. The van der Waals surface area contributed by atoms with Gasteiger partial charge in [-0.15, -0.1) is 24.0 Å². The third-order valence-corrected chi connectivity index (χ3v) is 5.55. The molecule has 2 aromatic carbocycles. The summed E-state index contributed by atoms with van der Waals surface area (Å²) in [6.45, 7) is 2.83. The number of halogens is 2. The monoisotopic (exact) mass is 576 g/mol. The van der Waals surface area contributed by atoms with Crippen LogP contribution in [0.15, 0.2) is 47.5 Å². The van der Waals surface area contributed by atoms with Gasteiger partial charge in [-0.25, -0.2) is 12.8 Å². The molecular weight excluding hydrogens is 546 g/mol. The molecule has 3 N–H and O–H groups in total. The van der Waals surface area contributed by atoms with Gasteiger partial charge in [-0.3, -0.25) is 9.71 Å². The topological polar surface area (TPSA) is 91.8 Å². The number of rotatable bonds is 9. The lowest BCUT2D eigenvalue weighted by molar-refractivity contribution is 0.285. The molecule has 0 heterocycles. The van der Waals surface area contributed by atoms with Crippen LogP contribution < -0.4 is 20.1 Å². The molecule has 0 aromatic heterocycles. The van der Waals surface area contributed by atoms with Crippen molar-refractivity contribution in [1.82, 2.24) is 10.6 Å². The van der Waals surface area contributed by atoms with Crippen LogP contribution in [0.25, 0.3) is 0 Å². The van der Waals surface area contributed by atoms with E-state index in [1.54, 1.807) is 25.2 Å². The van der Waals surface area contributed by atoms with E-state index in [1.165, 1.54) is 6.07 Å². The number of ether oxygens (including phenoxy) is 1. The molecule has 1 saturated carbocycles. The highest BCUT2D eigenvalue weighted by Gasteiger charge is 2.22. The van der Waals surface area contributed by atoms with Crippen molar-refractivity contribution in [2.75, 3.05) is 24.6 Å². The van der Waals surface area contributed by atoms with Crippen LogP contribution in [-0.4, -0.2) is 34.3 Å². The third-order valence-electron chi connectivity index (χ3n) is 4.96. The summed E-state index contributed by atoms with van der Waals surface area (Å²) in [6, 6.07) is 11.9. The Morgan fingerprint density at radius 1 is 1.25 bits per heavy atom. The van der Waals surface area contributed by atoms with E-state index in [9.17, 15) is 12.8 Å². The van der Waals surface area contributed by atoms with E-state index >= 15 is 0 Å². The maximum absolute atomic E-state index is 14.4. The van der Waals surface area contributed by atoms with E-state index in [-0.39, 0.29) is 41.6 Å². The van der Waals surface area contributed by atoms with Crippen molar-refractivity contribution in [2.24, 2.45) is 10.9 Å². The summed E-state index contributed by atoms with van der Waals surface area (Å²) in [7, 11) is -1.74. The highest BCUT2D eigenvalue weighted by molar-refractivity contribution is 14.0. The van der Waals surface area contributed by atoms with Crippen LogP contribution in [0.1, 0.15) is 36.9 Å². The first-order chi connectivity index (χ1) is 14.7. The first kappa shape index (κ1) is 26.2. The lowest BCUT2D eigenvalue weighted by Gasteiger charge is -2.20. The summed E-state index contributed by atoms with van der Waals surface area (Å²) in [5, 5.41) is 6.38. The van der Waals surface area contributed by atoms with Gasteiger partial charge in [0.1, 0.15) is 0 Å². The van der Waals surface area contributed by atoms with Crippen LogP contribution in [0, 0.1) is 11.7 Å². The van der Waals surface area contributed by atoms with Gasteiger partial charge in [0.15, 0.2) is 17.5 Å². The van der Waals surface area contributed by atoms with Crippen molar-refractivity contribution in [3.8, 4) is 5.75 Å². The molecule has 0 radical (unpaired) electrons. The number of hydrogen-bond acceptors (Lipinski definition) is 4. The Morgan fingerprint density at radius 2 is 1.97 bits per heavy atom. The zero-order chi connectivity index (χ0) is 22.4. The van der Waals surface area contributed by atoms with Crippen molar-refractivity contribution in [2.45, 2.75) is 32.4 Å². The normalized spacial score (nSPS) is 14.8. The molecule has 0 spiro atoms. The Hall–Kier alpha value is -2.08. The molecule has 0 amide bonds. The number of hydrogen-bond donors (Lipinski definition) is 3. The molecule has 176 valence electrons. The number of para-hydroxylation sites is 1. The Labute approximate surface area is 206 Å². The Balaban J connectivity index is 0.00000363. The third kappa shape index (κ3) is 8.12. The van der Waals surface area contributed by atoms with Gasteiger partial charge in [0.25, 0.3) is 0 Å². The minimum atomic E-state index is -3.38. The summed E-state index contributed by atoms with van der Waals surface area (Å²) in [5.41, 5.74) is 2.04. The standard InChI is InChI=1S/C22H29FN4O3S.HI/c1-15(17-10-11-21(19(23)12-17)30-14-16-8-9-16)26-22(24-2)25-13-18-6-4-5-7-20(18)27-31(3,28)29;/h4-7,10-12,15-16,27H,8-9,13-14H2,1-3H3,(H2,24,25,26);1H. The van der Waals surface area contributed by atoms with Crippen molar-refractivity contribution in [3.05, 3.63) is 59.4 Å². The van der Waals surface area contributed by atoms with Crippen LogP contribution in [0.3, 0.4) is 0 Å². The van der Waals surface area contributed by atoms with E-state index in [0.29, 0.717) is 30.7 Å². The number of aliphatic imine (C=N–C) groups is 1. The van der Waals surface area contributed by atoms with Crippen molar-refractivity contribution in [3.63, 3.8) is 0 Å². The van der Waals surface area contributed by atoms with E-state index in [2.05, 4.69) is 20.3 Å². The smallest absolute Gasteiger partial charge is 0.229 e. The Kier molecular flexibility index (Phi) is 9.56. The first-order valence-electron chi connectivity index (χ1n) is 10.2. The molecule has 0 bridgehead atoms. The second-order valence-electron chi connectivity index (χ2n) is 7.77. The number of guanidine groups is 1. The summed E-state index contributed by atoms with van der Waals surface area (Å²) < 4.78 is 45.6. The van der Waals surface area contributed by atoms with E-state index in [1.807, 2.05) is 25.1 Å². The quantitative estimate of drug-likeness (QED) is 0.238. The Morgan fingerprint density at radius 3 is 2.59 bits per heavy atom. The van der Waals surface area contributed by atoms with E-state index in [0.717, 1.165) is 30.2 Å². The fourth-order valence-electron chi connectivity index (χ4n) is 3.03. The maximum Gasteiger partial charge on any atom is 0.229 e. The van der Waals surface area contributed by atoms with Crippen LogP contribution in [0.4, 0.5) is 10.1 Å². The van der Waals surface area contributed by atoms with Gasteiger partial charge in [0.2, 0.25) is 10.0 Å². The average Bonchev–Trinajstić information content (AvgIpc) is 3.54. The average molecular weight is 576 g/mol. The molecule has 7 nitrogen and oxygen atoms in total. The molecule has 1 unspecified atom stereocenters. The second-order valence-corrected chi connectivity index (χ2v) is 9.52. The number of anilines is 1. The van der Waals surface area contributed by atoms with Crippen molar-refractivity contribution in [1.29, 1.82) is 0 Å². The lowest BCUT2D eigenvalue weighted by Crippen LogP contribution is -2.38. The predicted molar refractivity (Wildman–Crippen MR) is 137 cm³/mol. The minimum absolute atomic E-state index is 0. The molecule has 0 aliphatic heterocycles. The number of benzene rings is 2. The molecular formula is C22H30FIN4O3S. The van der Waals surface area contributed by atoms with Gasteiger partial charge >= 0.3 is 0 Å². The molecule has 32 heavy (non-hydrogen) atoms. The van der Waals surface area contributed by atoms with Gasteiger partial charge in [0.05, 0.1) is 24.6 Å². The Bertz CT molecular complexity index is 1050. The number of nitrogens with zero attached hydrogens (tertiary/aromatic N) is 1. The summed E-state index contributed by atoms with van der Waals surface area (Å²) >= 11 is 0. The zero-order valence-corrected chi connectivity index (χ0v) is 21.5. The molecule has 1 fully saturated rings. The van der Waals surface area contributed by atoms with Gasteiger partial charge in [0, 0.05) is 13.6 Å². The van der Waals surface area contributed by atoms with Gasteiger partial charge in [-0.2, -0.15) is 0 Å². The first-order valence-corrected chi connectivity index (χ1v) is 12.1. The molecule has 10 heteroatoms. The van der Waals surface area contributed by atoms with E-state index in [4.69, 9.17) is 4.74 Å². The number of sulfonamides is 1. The largest absolute Gasteiger partial charge is 0.490 e. The van der Waals surface area contributed by atoms with Crippen LogP contribution >= 0.6 is 24.0 Å². The second kappa shape index (κ2) is 11.7. The highest BCUT2D eigenvalue weighted by Crippen LogP contribution is 2.30.